The summed E-state index contributed by atoms with van der Waals surface area (Å²) in [7, 11) is 1.24. The lowest BCUT2D eigenvalue weighted by Gasteiger charge is -2.13. The summed E-state index contributed by atoms with van der Waals surface area (Å²) in [6.07, 6.45) is -1.11. The number of amides is 2. The number of methoxy groups -OCH3 is 1. The number of carboxylic acids is 1. The van der Waals surface area contributed by atoms with E-state index in [1.54, 1.807) is 6.07 Å². The van der Waals surface area contributed by atoms with Crippen LogP contribution in [0.3, 0.4) is 0 Å². The molecule has 0 heterocycles. The third-order valence-corrected chi connectivity index (χ3v) is 2.74. The second kappa shape index (κ2) is 7.18. The zero-order valence-electron chi connectivity index (χ0n) is 9.94. The molecule has 0 aliphatic rings. The van der Waals surface area contributed by atoms with Crippen molar-refractivity contribution in [2.75, 3.05) is 19.0 Å². The Morgan fingerprint density at radius 2 is 2.11 bits per heavy atom. The van der Waals surface area contributed by atoms with Gasteiger partial charge in [-0.3, -0.25) is 0 Å². The maximum Gasteiger partial charge on any atom is 0.334 e. The molecule has 0 spiro atoms. The van der Waals surface area contributed by atoms with Gasteiger partial charge in [0.1, 0.15) is 0 Å². The van der Waals surface area contributed by atoms with Crippen molar-refractivity contribution in [2.45, 2.75) is 6.10 Å². The van der Waals surface area contributed by atoms with E-state index in [4.69, 9.17) is 28.3 Å². The molecule has 1 rings (SSSR count). The molecule has 104 valence electrons. The quantitative estimate of drug-likeness (QED) is 0.778. The summed E-state index contributed by atoms with van der Waals surface area (Å²) in [5.74, 6) is -1.16. The van der Waals surface area contributed by atoms with E-state index < -0.39 is 18.1 Å². The molecule has 2 amide bonds. The van der Waals surface area contributed by atoms with Gasteiger partial charge in [-0.15, -0.1) is 0 Å². The fraction of sp³-hybridized carbons (Fsp3) is 0.273. The van der Waals surface area contributed by atoms with E-state index in [0.29, 0.717) is 10.7 Å². The van der Waals surface area contributed by atoms with E-state index in [9.17, 15) is 9.59 Å². The molecule has 0 radical (unpaired) electrons. The van der Waals surface area contributed by atoms with Crippen LogP contribution in [-0.4, -0.2) is 36.9 Å². The molecule has 1 aromatic carbocycles. The number of anilines is 1. The summed E-state index contributed by atoms with van der Waals surface area (Å²) in [5, 5.41) is 14.3. The highest BCUT2D eigenvalue weighted by Crippen LogP contribution is 2.25. The Morgan fingerprint density at radius 3 is 2.63 bits per heavy atom. The molecular weight excluding hydrogens is 295 g/mol. The minimum Gasteiger partial charge on any atom is -0.479 e. The van der Waals surface area contributed by atoms with E-state index in [-0.39, 0.29) is 11.6 Å². The summed E-state index contributed by atoms with van der Waals surface area (Å²) < 4.78 is 4.67. The number of hydrogen-bond acceptors (Lipinski definition) is 3. The summed E-state index contributed by atoms with van der Waals surface area (Å²) in [6.45, 7) is -0.164. The highest BCUT2D eigenvalue weighted by atomic mass is 35.5. The Hall–Kier alpha value is -1.50. The Labute approximate surface area is 119 Å². The molecule has 0 aromatic heterocycles. The predicted octanol–water partition coefficient (Wildman–Crippen LogP) is 2.21. The van der Waals surface area contributed by atoms with Gasteiger partial charge in [-0.1, -0.05) is 23.2 Å². The van der Waals surface area contributed by atoms with Crippen molar-refractivity contribution in [3.8, 4) is 0 Å². The summed E-state index contributed by atoms with van der Waals surface area (Å²) in [6, 6.07) is 3.99. The van der Waals surface area contributed by atoms with Gasteiger partial charge in [0.25, 0.3) is 0 Å². The molecule has 3 N–H and O–H groups in total. The Balaban J connectivity index is 2.53. The lowest BCUT2D eigenvalue weighted by molar-refractivity contribution is -0.147. The van der Waals surface area contributed by atoms with Gasteiger partial charge in [0.05, 0.1) is 17.3 Å². The minimum absolute atomic E-state index is 0.164. The van der Waals surface area contributed by atoms with Gasteiger partial charge in [0.15, 0.2) is 6.10 Å². The van der Waals surface area contributed by atoms with Crippen molar-refractivity contribution in [1.29, 1.82) is 0 Å². The maximum atomic E-state index is 11.5. The molecule has 1 atom stereocenters. The average Bonchev–Trinajstić information content (AvgIpc) is 2.33. The number of urea groups is 1. The van der Waals surface area contributed by atoms with Crippen LogP contribution in [0.4, 0.5) is 10.5 Å². The van der Waals surface area contributed by atoms with Crippen molar-refractivity contribution in [1.82, 2.24) is 5.32 Å². The zero-order chi connectivity index (χ0) is 14.4. The first-order valence-corrected chi connectivity index (χ1v) is 5.95. The standard InChI is InChI=1S/C11H12Cl2N2O4/c1-19-9(10(16)17)5-14-11(18)15-8-3-2-6(12)4-7(8)13/h2-4,9H,5H2,1H3,(H,16,17)(H2,14,15,18). The maximum absolute atomic E-state index is 11.5. The van der Waals surface area contributed by atoms with Gasteiger partial charge >= 0.3 is 12.0 Å². The first-order chi connectivity index (χ1) is 8.93. The Bertz CT molecular complexity index is 482. The van der Waals surface area contributed by atoms with Crippen LogP contribution in [0.25, 0.3) is 0 Å². The van der Waals surface area contributed by atoms with Crippen LogP contribution in [-0.2, 0) is 9.53 Å². The van der Waals surface area contributed by atoms with Crippen LogP contribution in [0.2, 0.25) is 10.0 Å². The smallest absolute Gasteiger partial charge is 0.334 e. The lowest BCUT2D eigenvalue weighted by atomic mass is 10.3. The highest BCUT2D eigenvalue weighted by molar-refractivity contribution is 6.36. The number of rotatable bonds is 5. The van der Waals surface area contributed by atoms with Gasteiger partial charge in [-0.25, -0.2) is 9.59 Å². The van der Waals surface area contributed by atoms with Crippen molar-refractivity contribution in [3.05, 3.63) is 28.2 Å². The largest absolute Gasteiger partial charge is 0.479 e. The molecule has 0 aliphatic heterocycles. The number of carbonyl (C=O) groups excluding carboxylic acids is 1. The van der Waals surface area contributed by atoms with Crippen molar-refractivity contribution < 1.29 is 19.4 Å². The first kappa shape index (κ1) is 15.6. The molecule has 0 aliphatic carbocycles. The van der Waals surface area contributed by atoms with Crippen molar-refractivity contribution in [2.24, 2.45) is 0 Å². The van der Waals surface area contributed by atoms with Gasteiger partial charge in [-0.05, 0) is 18.2 Å². The number of carboxylic acid groups (broad SMARTS) is 1. The lowest BCUT2D eigenvalue weighted by Crippen LogP contribution is -2.39. The van der Waals surface area contributed by atoms with Crippen molar-refractivity contribution in [3.63, 3.8) is 0 Å². The highest BCUT2D eigenvalue weighted by Gasteiger charge is 2.17. The Morgan fingerprint density at radius 1 is 1.42 bits per heavy atom. The number of halogens is 2. The van der Waals surface area contributed by atoms with E-state index in [1.165, 1.54) is 19.2 Å². The normalized spacial score (nSPS) is 11.7. The summed E-state index contributed by atoms with van der Waals surface area (Å²) in [4.78, 5) is 22.2. The number of hydrogen-bond donors (Lipinski definition) is 3. The number of benzene rings is 1. The molecule has 0 saturated carbocycles. The van der Waals surface area contributed by atoms with Gasteiger partial charge in [0.2, 0.25) is 0 Å². The fourth-order valence-corrected chi connectivity index (χ4v) is 1.67. The van der Waals surface area contributed by atoms with Gasteiger partial charge in [0, 0.05) is 12.1 Å². The molecule has 8 heteroatoms. The molecule has 1 unspecified atom stereocenters. The molecular formula is C11H12Cl2N2O4. The third-order valence-electron chi connectivity index (χ3n) is 2.19. The van der Waals surface area contributed by atoms with E-state index in [2.05, 4.69) is 15.4 Å². The summed E-state index contributed by atoms with van der Waals surface area (Å²) >= 11 is 11.6. The number of nitrogens with one attached hydrogen (secondary N) is 2. The molecule has 1 aromatic rings. The van der Waals surface area contributed by atoms with E-state index in [0.717, 1.165) is 0 Å². The van der Waals surface area contributed by atoms with Crippen LogP contribution >= 0.6 is 23.2 Å². The SMILES string of the molecule is COC(CNC(=O)Nc1ccc(Cl)cc1Cl)C(=O)O. The fourth-order valence-electron chi connectivity index (χ4n) is 1.21. The molecule has 19 heavy (non-hydrogen) atoms. The van der Waals surface area contributed by atoms with Gasteiger partial charge in [-0.2, -0.15) is 0 Å². The molecule has 0 fully saturated rings. The first-order valence-electron chi connectivity index (χ1n) is 5.19. The number of carbonyl (C=O) groups is 2. The van der Waals surface area contributed by atoms with Crippen LogP contribution < -0.4 is 10.6 Å². The van der Waals surface area contributed by atoms with Crippen LogP contribution in [0.1, 0.15) is 0 Å². The average molecular weight is 307 g/mol. The topological polar surface area (TPSA) is 87.7 Å². The van der Waals surface area contributed by atoms with Gasteiger partial charge < -0.3 is 20.5 Å². The number of aliphatic carboxylic acids is 1. The second-order valence-corrected chi connectivity index (χ2v) is 4.37. The van der Waals surface area contributed by atoms with E-state index >= 15 is 0 Å². The monoisotopic (exact) mass is 306 g/mol. The van der Waals surface area contributed by atoms with Crippen LogP contribution in [0.15, 0.2) is 18.2 Å². The van der Waals surface area contributed by atoms with Crippen LogP contribution in [0, 0.1) is 0 Å². The summed E-state index contributed by atoms with van der Waals surface area (Å²) in [5.41, 5.74) is 0.368. The molecule has 0 saturated heterocycles. The van der Waals surface area contributed by atoms with E-state index in [1.807, 2.05) is 0 Å². The number of ether oxygens (including phenoxy) is 1. The molecule has 0 bridgehead atoms. The second-order valence-electron chi connectivity index (χ2n) is 3.52. The predicted molar refractivity (Wildman–Crippen MR) is 71.9 cm³/mol. The molecule has 6 nitrogen and oxygen atoms in total. The van der Waals surface area contributed by atoms with Crippen LogP contribution in [0.5, 0.6) is 0 Å². The third kappa shape index (κ3) is 4.94. The van der Waals surface area contributed by atoms with Crippen molar-refractivity contribution >= 4 is 40.9 Å². The minimum atomic E-state index is -1.16. The Kier molecular flexibility index (Phi) is 5.88. The zero-order valence-corrected chi connectivity index (χ0v) is 11.5.